The zero-order valence-electron chi connectivity index (χ0n) is 17.3. The van der Waals surface area contributed by atoms with E-state index in [9.17, 15) is 0 Å². The van der Waals surface area contributed by atoms with Crippen LogP contribution < -0.4 is 9.47 Å². The molecule has 0 radical (unpaired) electrons. The third-order valence-corrected chi connectivity index (χ3v) is 5.50. The van der Waals surface area contributed by atoms with Crippen LogP contribution in [0.4, 0.5) is 0 Å². The minimum absolute atomic E-state index is 0.350. The number of hydrogen-bond donors (Lipinski definition) is 0. The molecule has 3 nitrogen and oxygen atoms in total. The molecule has 4 heteroatoms. The van der Waals surface area contributed by atoms with Gasteiger partial charge in [0, 0.05) is 11.3 Å². The van der Waals surface area contributed by atoms with Crippen LogP contribution in [-0.2, 0) is 0 Å². The molecule has 1 unspecified atom stereocenters. The first-order valence-electron chi connectivity index (χ1n) is 9.50. The summed E-state index contributed by atoms with van der Waals surface area (Å²) in [5.74, 6) is 2.71. The third kappa shape index (κ3) is 5.65. The van der Waals surface area contributed by atoms with E-state index in [1.54, 1.807) is 14.2 Å². The quantitative estimate of drug-likeness (QED) is 0.377. The smallest absolute Gasteiger partial charge is 0.178 e. The van der Waals surface area contributed by atoms with Crippen molar-refractivity contribution in [1.82, 2.24) is 0 Å². The molecule has 0 saturated heterocycles. The van der Waals surface area contributed by atoms with Crippen LogP contribution in [0.25, 0.3) is 11.0 Å². The number of allylic oxidation sites excluding steroid dienone is 4. The molecule has 2 rings (SSSR count). The highest BCUT2D eigenvalue weighted by Crippen LogP contribution is 2.43. The van der Waals surface area contributed by atoms with Crippen molar-refractivity contribution in [3.63, 3.8) is 0 Å². The van der Waals surface area contributed by atoms with Gasteiger partial charge < -0.3 is 13.9 Å². The Kier molecular flexibility index (Phi) is 8.03. The molecule has 1 aromatic heterocycles. The van der Waals surface area contributed by atoms with Crippen molar-refractivity contribution in [2.24, 2.45) is 0 Å². The van der Waals surface area contributed by atoms with Crippen LogP contribution in [0.1, 0.15) is 65.1 Å². The van der Waals surface area contributed by atoms with Gasteiger partial charge >= 0.3 is 0 Å². The molecular weight excluding hydrogens is 404 g/mol. The number of ether oxygens (including phenoxy) is 2. The number of methoxy groups -OCH3 is 2. The van der Waals surface area contributed by atoms with Gasteiger partial charge in [0.1, 0.15) is 10.2 Å². The number of hydrogen-bond acceptors (Lipinski definition) is 3. The van der Waals surface area contributed by atoms with Gasteiger partial charge in [0.05, 0.1) is 14.2 Å². The van der Waals surface area contributed by atoms with Crippen molar-refractivity contribution in [3.05, 3.63) is 45.7 Å². The van der Waals surface area contributed by atoms with E-state index in [0.717, 1.165) is 46.9 Å². The molecule has 0 amide bonds. The van der Waals surface area contributed by atoms with Crippen LogP contribution in [0, 0.1) is 0 Å². The fraction of sp³-hybridized carbons (Fsp3) is 0.478. The molecule has 0 aliphatic carbocycles. The maximum Gasteiger partial charge on any atom is 0.178 e. The molecule has 0 aliphatic heterocycles. The maximum atomic E-state index is 6.14. The van der Waals surface area contributed by atoms with Gasteiger partial charge in [0.25, 0.3) is 0 Å². The zero-order chi connectivity index (χ0) is 20.0. The minimum atomic E-state index is 0.350. The summed E-state index contributed by atoms with van der Waals surface area (Å²) < 4.78 is 17.8. The van der Waals surface area contributed by atoms with Gasteiger partial charge in [-0.2, -0.15) is 0 Å². The van der Waals surface area contributed by atoms with E-state index >= 15 is 0 Å². The Morgan fingerprint density at radius 1 is 1.11 bits per heavy atom. The third-order valence-electron chi connectivity index (χ3n) is 4.78. The summed E-state index contributed by atoms with van der Waals surface area (Å²) in [6, 6.07) is 4.07. The summed E-state index contributed by atoms with van der Waals surface area (Å²) in [4.78, 5) is 0. The van der Waals surface area contributed by atoms with E-state index in [4.69, 9.17) is 13.9 Å². The number of halogens is 1. The monoisotopic (exact) mass is 434 g/mol. The molecule has 2 aromatic rings. The Bertz CT molecular complexity index is 826. The Morgan fingerprint density at radius 2 is 1.85 bits per heavy atom. The summed E-state index contributed by atoms with van der Waals surface area (Å²) in [6.07, 6.45) is 9.05. The van der Waals surface area contributed by atoms with Crippen molar-refractivity contribution in [3.8, 4) is 11.5 Å². The summed E-state index contributed by atoms with van der Waals surface area (Å²) in [7, 11) is 3.28. The lowest BCUT2D eigenvalue weighted by atomic mass is 10.0. The molecule has 27 heavy (non-hydrogen) atoms. The Balaban J connectivity index is 2.06. The van der Waals surface area contributed by atoms with Gasteiger partial charge in [-0.05, 0) is 74.5 Å². The van der Waals surface area contributed by atoms with Gasteiger partial charge in [-0.1, -0.05) is 30.2 Å². The van der Waals surface area contributed by atoms with Crippen LogP contribution in [0.3, 0.4) is 0 Å². The highest BCUT2D eigenvalue weighted by atomic mass is 79.9. The first-order valence-corrected chi connectivity index (χ1v) is 10.3. The number of furan rings is 1. The van der Waals surface area contributed by atoms with Crippen molar-refractivity contribution in [2.75, 3.05) is 14.2 Å². The van der Waals surface area contributed by atoms with E-state index in [0.29, 0.717) is 17.4 Å². The molecule has 0 spiro atoms. The first-order chi connectivity index (χ1) is 12.9. The van der Waals surface area contributed by atoms with Crippen molar-refractivity contribution >= 4 is 26.9 Å². The first kappa shape index (κ1) is 21.6. The molecule has 0 aliphatic rings. The molecular formula is C23H31BrO3. The van der Waals surface area contributed by atoms with Gasteiger partial charge in [-0.25, -0.2) is 0 Å². The topological polar surface area (TPSA) is 31.6 Å². The normalized spacial score (nSPS) is 12.9. The Morgan fingerprint density at radius 3 is 2.48 bits per heavy atom. The lowest BCUT2D eigenvalue weighted by Crippen LogP contribution is -1.91. The van der Waals surface area contributed by atoms with Gasteiger partial charge in [-0.3, -0.25) is 0 Å². The number of fused-ring (bicyclic) bond motifs is 1. The lowest BCUT2D eigenvalue weighted by molar-refractivity contribution is 0.353. The largest absolute Gasteiger partial charge is 0.493 e. The van der Waals surface area contributed by atoms with Crippen LogP contribution in [0.2, 0.25) is 0 Å². The van der Waals surface area contributed by atoms with Crippen LogP contribution in [0.5, 0.6) is 11.5 Å². The second kappa shape index (κ2) is 10.0. The molecule has 0 saturated carbocycles. The van der Waals surface area contributed by atoms with Gasteiger partial charge in [0.15, 0.2) is 17.1 Å². The molecule has 0 fully saturated rings. The predicted octanol–water partition coefficient (Wildman–Crippen LogP) is 7.79. The van der Waals surface area contributed by atoms with Crippen molar-refractivity contribution in [1.29, 1.82) is 0 Å². The fourth-order valence-corrected chi connectivity index (χ4v) is 3.79. The molecule has 1 heterocycles. The van der Waals surface area contributed by atoms with E-state index in [1.807, 2.05) is 6.07 Å². The molecule has 0 N–H and O–H groups in total. The van der Waals surface area contributed by atoms with Gasteiger partial charge in [0.2, 0.25) is 0 Å². The minimum Gasteiger partial charge on any atom is -0.493 e. The van der Waals surface area contributed by atoms with Crippen molar-refractivity contribution < 1.29 is 13.9 Å². The summed E-state index contributed by atoms with van der Waals surface area (Å²) in [5, 5.41) is 1.02. The van der Waals surface area contributed by atoms with Crippen molar-refractivity contribution in [2.45, 2.75) is 59.3 Å². The predicted molar refractivity (Wildman–Crippen MR) is 117 cm³/mol. The Hall–Kier alpha value is -1.68. The summed E-state index contributed by atoms with van der Waals surface area (Å²) in [5.41, 5.74) is 3.66. The van der Waals surface area contributed by atoms with Gasteiger partial charge in [-0.15, -0.1) is 0 Å². The molecule has 0 bridgehead atoms. The number of rotatable bonds is 9. The second-order valence-electron chi connectivity index (χ2n) is 7.34. The maximum absolute atomic E-state index is 6.14. The highest BCUT2D eigenvalue weighted by Gasteiger charge is 2.19. The standard InChI is InChI=1S/C23H31BrO3/c1-15(2)9-7-10-16(3)11-8-12-17(4)19-13-18-14-20(25-5)23(26-6)21(24)22(18)27-19/h9,11,13-14,17H,7-8,10,12H2,1-6H3/b16-11+. The molecule has 1 aromatic carbocycles. The molecule has 148 valence electrons. The van der Waals surface area contributed by atoms with Crippen LogP contribution >= 0.6 is 15.9 Å². The van der Waals surface area contributed by atoms with E-state index in [-0.39, 0.29) is 0 Å². The SMILES string of the molecule is COc1cc2cc(C(C)CC/C=C(\C)CCC=C(C)C)oc2c(Br)c1OC. The average Bonchev–Trinajstić information content (AvgIpc) is 3.05. The summed E-state index contributed by atoms with van der Waals surface area (Å²) in [6.45, 7) is 8.74. The fourth-order valence-electron chi connectivity index (χ4n) is 3.12. The summed E-state index contributed by atoms with van der Waals surface area (Å²) >= 11 is 3.59. The molecule has 1 atom stereocenters. The van der Waals surface area contributed by atoms with Crippen LogP contribution in [-0.4, -0.2) is 14.2 Å². The zero-order valence-corrected chi connectivity index (χ0v) is 18.9. The van der Waals surface area contributed by atoms with E-state index < -0.39 is 0 Å². The lowest BCUT2D eigenvalue weighted by Gasteiger charge is -2.09. The number of benzene rings is 1. The van der Waals surface area contributed by atoms with E-state index in [1.165, 1.54) is 11.1 Å². The highest BCUT2D eigenvalue weighted by molar-refractivity contribution is 9.10. The average molecular weight is 435 g/mol. The van der Waals surface area contributed by atoms with E-state index in [2.05, 4.69) is 61.8 Å². The second-order valence-corrected chi connectivity index (χ2v) is 8.14. The Labute approximate surface area is 171 Å². The van der Waals surface area contributed by atoms with Crippen LogP contribution in [0.15, 0.2) is 44.3 Å².